The Kier molecular flexibility index (Phi) is 8.87. The molecule has 0 unspecified atom stereocenters. The van der Waals surface area contributed by atoms with Gasteiger partial charge in [0, 0.05) is 42.7 Å². The van der Waals surface area contributed by atoms with Crippen LogP contribution in [0, 0.1) is 0 Å². The summed E-state index contributed by atoms with van der Waals surface area (Å²) in [7, 11) is 0. The highest BCUT2D eigenvalue weighted by molar-refractivity contribution is 7.25. The van der Waals surface area contributed by atoms with Gasteiger partial charge in [0.1, 0.15) is 0 Å². The molecule has 0 atom stereocenters. The van der Waals surface area contributed by atoms with Gasteiger partial charge < -0.3 is 0 Å². The smallest absolute Gasteiger partial charge is 0.238 e. The molecule has 296 valence electrons. The zero-order valence-corrected chi connectivity index (χ0v) is 35.0. The van der Waals surface area contributed by atoms with E-state index in [2.05, 4.69) is 199 Å². The van der Waals surface area contributed by atoms with Crippen LogP contribution in [0.5, 0.6) is 0 Å². The van der Waals surface area contributed by atoms with Crippen LogP contribution in [0.3, 0.4) is 0 Å². The van der Waals surface area contributed by atoms with E-state index in [1.807, 2.05) is 47.7 Å². The maximum absolute atomic E-state index is 5.28. The molecule has 0 radical (unpaired) electrons. The van der Waals surface area contributed by atoms with Gasteiger partial charge in [-0.2, -0.15) is 9.97 Å². The van der Waals surface area contributed by atoms with Gasteiger partial charge in [0.2, 0.25) is 5.95 Å². The molecule has 4 nitrogen and oxygen atoms in total. The fourth-order valence-corrected chi connectivity index (χ4v) is 10.7. The van der Waals surface area contributed by atoms with Crippen LogP contribution in [0.1, 0.15) is 22.3 Å². The second kappa shape index (κ2) is 15.2. The normalized spacial score (nSPS) is 12.6. The molecule has 0 N–H and O–H groups in total. The highest BCUT2D eigenvalue weighted by atomic mass is 32.1. The molecule has 0 fully saturated rings. The van der Waals surface area contributed by atoms with E-state index in [4.69, 9.17) is 15.0 Å². The molecule has 1 aliphatic rings. The van der Waals surface area contributed by atoms with E-state index in [-0.39, 0.29) is 0 Å². The highest BCUT2D eigenvalue weighted by Gasteiger charge is 2.45. The Hall–Kier alpha value is -7.99. The number of nitrogens with zero attached hydrogens (tertiary/aromatic N) is 4. The van der Waals surface area contributed by atoms with Crippen LogP contribution in [0.4, 0.5) is 17.3 Å². The quantitative estimate of drug-likeness (QED) is 0.153. The number of benzene rings is 9. The molecule has 2 heterocycles. The standard InChI is InChI=1S/C58H38N4S/c1-4-17-39(18-5-1)55-59-56(40-19-6-2-7-20-40)61-57(60-55)62(46-24-16-21-41(37-46)42-31-36-54-50(38-42)49-27-12-15-30-53(49)63-54)45-34-32-44(33-35-45)58(43-22-8-3-9-23-43)51-28-13-10-25-47(51)48-26-11-14-29-52(48)58/h1-38H. The average Bonchev–Trinajstić information content (AvgIpc) is 3.89. The predicted octanol–water partition coefficient (Wildman–Crippen LogP) is 15.1. The van der Waals surface area contributed by atoms with Crippen molar-refractivity contribution in [3.63, 3.8) is 0 Å². The van der Waals surface area contributed by atoms with Gasteiger partial charge in [0.05, 0.1) is 5.41 Å². The van der Waals surface area contributed by atoms with Gasteiger partial charge in [0.25, 0.3) is 0 Å². The summed E-state index contributed by atoms with van der Waals surface area (Å²) in [6, 6.07) is 82.3. The van der Waals surface area contributed by atoms with Crippen LogP contribution < -0.4 is 4.90 Å². The SMILES string of the molecule is c1ccc(-c2nc(-c3ccccc3)nc(N(c3ccc(C4(c5ccccc5)c5ccccc5-c5ccccc54)cc3)c3cccc(-c4ccc5sc6ccccc6c5c4)c3)n2)cc1. The predicted molar refractivity (Wildman–Crippen MR) is 261 cm³/mol. The van der Waals surface area contributed by atoms with Crippen molar-refractivity contribution in [3.8, 4) is 45.0 Å². The summed E-state index contributed by atoms with van der Waals surface area (Å²) in [5.41, 5.74) is 13.0. The number of fused-ring (bicyclic) bond motifs is 6. The molecule has 9 aromatic carbocycles. The summed E-state index contributed by atoms with van der Waals surface area (Å²) in [5, 5.41) is 2.55. The molecule has 12 rings (SSSR count). The molecule has 0 amide bonds. The van der Waals surface area contributed by atoms with Crippen molar-refractivity contribution in [1.82, 2.24) is 15.0 Å². The molecule has 0 saturated heterocycles. The van der Waals surface area contributed by atoms with E-state index in [0.29, 0.717) is 17.6 Å². The Labute approximate surface area is 370 Å². The van der Waals surface area contributed by atoms with E-state index in [9.17, 15) is 0 Å². The molecule has 63 heavy (non-hydrogen) atoms. The number of anilines is 3. The lowest BCUT2D eigenvalue weighted by Gasteiger charge is -2.34. The zero-order chi connectivity index (χ0) is 41.7. The monoisotopic (exact) mass is 822 g/mol. The largest absolute Gasteiger partial charge is 0.279 e. The van der Waals surface area contributed by atoms with Crippen LogP contribution in [0.2, 0.25) is 0 Å². The van der Waals surface area contributed by atoms with Gasteiger partial charge in [-0.15, -0.1) is 11.3 Å². The Morgan fingerprint density at radius 2 is 0.873 bits per heavy atom. The van der Waals surface area contributed by atoms with E-state index in [1.54, 1.807) is 0 Å². The van der Waals surface area contributed by atoms with Gasteiger partial charge in [0.15, 0.2) is 11.6 Å². The number of hydrogen-bond donors (Lipinski definition) is 0. The Morgan fingerprint density at radius 3 is 1.54 bits per heavy atom. The lowest BCUT2D eigenvalue weighted by atomic mass is 9.68. The lowest BCUT2D eigenvalue weighted by Crippen LogP contribution is -2.28. The maximum Gasteiger partial charge on any atom is 0.238 e. The van der Waals surface area contributed by atoms with Gasteiger partial charge in [-0.05, 0) is 87.0 Å². The van der Waals surface area contributed by atoms with Crippen LogP contribution in [0.25, 0.3) is 65.2 Å². The summed E-state index contributed by atoms with van der Waals surface area (Å²) in [4.78, 5) is 17.8. The topological polar surface area (TPSA) is 41.9 Å². The molecule has 0 bridgehead atoms. The molecule has 5 heteroatoms. The Morgan fingerprint density at radius 1 is 0.349 bits per heavy atom. The molecule has 0 spiro atoms. The minimum Gasteiger partial charge on any atom is -0.279 e. The average molecular weight is 823 g/mol. The highest BCUT2D eigenvalue weighted by Crippen LogP contribution is 2.56. The molecule has 11 aromatic rings. The van der Waals surface area contributed by atoms with Crippen molar-refractivity contribution in [2.24, 2.45) is 0 Å². The summed E-state index contributed by atoms with van der Waals surface area (Å²) in [6.45, 7) is 0. The summed E-state index contributed by atoms with van der Waals surface area (Å²) >= 11 is 1.84. The lowest BCUT2D eigenvalue weighted by molar-refractivity contribution is 0.768. The third-order valence-electron chi connectivity index (χ3n) is 12.4. The summed E-state index contributed by atoms with van der Waals surface area (Å²) in [6.07, 6.45) is 0. The van der Waals surface area contributed by atoms with Crippen molar-refractivity contribution >= 4 is 48.8 Å². The van der Waals surface area contributed by atoms with Crippen LogP contribution in [-0.4, -0.2) is 15.0 Å². The zero-order valence-electron chi connectivity index (χ0n) is 34.1. The Balaban J connectivity index is 1.06. The van der Waals surface area contributed by atoms with E-state index >= 15 is 0 Å². The maximum atomic E-state index is 5.28. The van der Waals surface area contributed by atoms with E-state index in [0.717, 1.165) is 33.6 Å². The third kappa shape index (κ3) is 6.16. The van der Waals surface area contributed by atoms with Crippen molar-refractivity contribution in [2.45, 2.75) is 5.41 Å². The minimum atomic E-state index is -0.518. The first-order valence-electron chi connectivity index (χ1n) is 21.3. The molecular formula is C58H38N4S. The second-order valence-corrected chi connectivity index (χ2v) is 17.0. The number of rotatable bonds is 8. The van der Waals surface area contributed by atoms with Crippen LogP contribution in [0.15, 0.2) is 231 Å². The second-order valence-electron chi connectivity index (χ2n) is 16.0. The molecule has 0 saturated carbocycles. The fraction of sp³-hybridized carbons (Fsp3) is 0.0172. The number of hydrogen-bond acceptors (Lipinski definition) is 5. The first-order valence-corrected chi connectivity index (χ1v) is 22.1. The van der Waals surface area contributed by atoms with Crippen LogP contribution >= 0.6 is 11.3 Å². The minimum absolute atomic E-state index is 0.518. The van der Waals surface area contributed by atoms with Crippen molar-refractivity contribution in [3.05, 3.63) is 253 Å². The third-order valence-corrected chi connectivity index (χ3v) is 13.6. The summed E-state index contributed by atoms with van der Waals surface area (Å²) in [5.74, 6) is 1.74. The molecular weight excluding hydrogens is 785 g/mol. The van der Waals surface area contributed by atoms with Crippen molar-refractivity contribution in [1.29, 1.82) is 0 Å². The van der Waals surface area contributed by atoms with Gasteiger partial charge >= 0.3 is 0 Å². The number of thiophene rings is 1. The Bertz CT molecular complexity index is 3350. The number of aromatic nitrogens is 3. The first kappa shape index (κ1) is 36.8. The van der Waals surface area contributed by atoms with E-state index in [1.165, 1.54) is 53.6 Å². The fourth-order valence-electron chi connectivity index (χ4n) is 9.58. The first-order chi connectivity index (χ1) is 31.2. The van der Waals surface area contributed by atoms with Gasteiger partial charge in [-0.1, -0.05) is 188 Å². The van der Waals surface area contributed by atoms with E-state index < -0.39 is 5.41 Å². The molecule has 2 aromatic heterocycles. The van der Waals surface area contributed by atoms with Gasteiger partial charge in [-0.25, -0.2) is 4.98 Å². The summed E-state index contributed by atoms with van der Waals surface area (Å²) < 4.78 is 2.58. The molecule has 1 aliphatic carbocycles. The van der Waals surface area contributed by atoms with Crippen LogP contribution in [-0.2, 0) is 5.41 Å². The van der Waals surface area contributed by atoms with Crippen molar-refractivity contribution in [2.75, 3.05) is 4.90 Å². The molecule has 0 aliphatic heterocycles. The van der Waals surface area contributed by atoms with Gasteiger partial charge in [-0.3, -0.25) is 4.90 Å². The van der Waals surface area contributed by atoms with Crippen molar-refractivity contribution < 1.29 is 0 Å².